The molecule has 1 saturated carbocycles. The molecule has 0 saturated heterocycles. The van der Waals surface area contributed by atoms with Crippen LogP contribution in [0.1, 0.15) is 42.4 Å². The lowest BCUT2D eigenvalue weighted by Gasteiger charge is -2.34. The Morgan fingerprint density at radius 2 is 1.50 bits per heavy atom. The molecule has 4 aromatic rings. The first kappa shape index (κ1) is 35.3. The number of rotatable bonds is 13. The number of benzene rings is 4. The van der Waals surface area contributed by atoms with Crippen molar-refractivity contribution in [2.24, 2.45) is 0 Å². The van der Waals surface area contributed by atoms with Crippen LogP contribution < -0.4 is 14.4 Å². The van der Waals surface area contributed by atoms with E-state index < -0.39 is 28.5 Å². The lowest BCUT2D eigenvalue weighted by atomic mass is 10.0. The van der Waals surface area contributed by atoms with Crippen LogP contribution in [-0.4, -0.2) is 50.9 Å². The maximum atomic E-state index is 14.7. The van der Waals surface area contributed by atoms with E-state index in [0.717, 1.165) is 41.1 Å². The van der Waals surface area contributed by atoms with E-state index in [1.54, 1.807) is 54.6 Å². The number of halogens is 2. The van der Waals surface area contributed by atoms with Gasteiger partial charge in [0, 0.05) is 34.6 Å². The van der Waals surface area contributed by atoms with Gasteiger partial charge in [-0.1, -0.05) is 90.1 Å². The van der Waals surface area contributed by atoms with Gasteiger partial charge in [-0.05, 0) is 73.9 Å². The first-order chi connectivity index (χ1) is 23.1. The molecule has 0 unspecified atom stereocenters. The molecular weight excluding hydrogens is 669 g/mol. The van der Waals surface area contributed by atoms with Crippen molar-refractivity contribution in [3.8, 4) is 5.75 Å². The number of amides is 2. The third kappa shape index (κ3) is 8.50. The Labute approximate surface area is 292 Å². The molecule has 1 fully saturated rings. The van der Waals surface area contributed by atoms with Crippen LogP contribution in [0, 0.1) is 6.92 Å². The number of hydrogen-bond acceptors (Lipinski definition) is 5. The number of nitrogens with one attached hydrogen (secondary N) is 1. The van der Waals surface area contributed by atoms with E-state index in [1.807, 2.05) is 37.3 Å². The Kier molecular flexibility index (Phi) is 11.7. The summed E-state index contributed by atoms with van der Waals surface area (Å²) in [5.41, 5.74) is 2.53. The summed E-state index contributed by atoms with van der Waals surface area (Å²) in [5, 5.41) is 3.82. The van der Waals surface area contributed by atoms with Crippen LogP contribution in [0.5, 0.6) is 5.75 Å². The summed E-state index contributed by atoms with van der Waals surface area (Å²) in [6.07, 6.45) is 3.94. The van der Waals surface area contributed by atoms with Crippen LogP contribution in [-0.2, 0) is 32.6 Å². The molecule has 1 aliphatic carbocycles. The standard InChI is InChI=1S/C37H39Cl2N3O5S/c1-26-15-17-29(18-16-26)42(48(45,46)31-21-19-30(47-2)20-22-31)25-36(43)41(24-32-33(38)13-8-14-34(32)39)35(23-27-9-4-3-5-10-27)37(44)40-28-11-6-7-12-28/h3-5,8-10,13-22,28,35H,6-7,11-12,23-25H2,1-2H3,(H,40,44)/t35-/m1/s1. The van der Waals surface area contributed by atoms with E-state index in [1.165, 1.54) is 24.1 Å². The molecule has 4 aromatic carbocycles. The first-order valence-electron chi connectivity index (χ1n) is 15.9. The highest BCUT2D eigenvalue weighted by molar-refractivity contribution is 7.92. The van der Waals surface area contributed by atoms with Crippen molar-refractivity contribution in [1.82, 2.24) is 10.2 Å². The zero-order chi connectivity index (χ0) is 34.3. The molecule has 1 atom stereocenters. The van der Waals surface area contributed by atoms with Crippen molar-refractivity contribution in [2.45, 2.75) is 62.6 Å². The highest BCUT2D eigenvalue weighted by Crippen LogP contribution is 2.30. The fraction of sp³-hybridized carbons (Fsp3) is 0.297. The average Bonchev–Trinajstić information content (AvgIpc) is 3.60. The number of ether oxygens (including phenoxy) is 1. The number of sulfonamides is 1. The molecule has 0 heterocycles. The molecule has 5 rings (SSSR count). The van der Waals surface area contributed by atoms with Crippen molar-refractivity contribution >= 4 is 50.7 Å². The summed E-state index contributed by atoms with van der Waals surface area (Å²) >= 11 is 13.2. The minimum Gasteiger partial charge on any atom is -0.497 e. The summed E-state index contributed by atoms with van der Waals surface area (Å²) < 4.78 is 34.8. The highest BCUT2D eigenvalue weighted by atomic mass is 35.5. The van der Waals surface area contributed by atoms with Gasteiger partial charge in [0.25, 0.3) is 10.0 Å². The number of carbonyl (C=O) groups excluding carboxylic acids is 2. The van der Waals surface area contributed by atoms with Gasteiger partial charge >= 0.3 is 0 Å². The molecule has 0 bridgehead atoms. The second kappa shape index (κ2) is 15.9. The Hall–Kier alpha value is -4.05. The Morgan fingerprint density at radius 1 is 0.875 bits per heavy atom. The van der Waals surface area contributed by atoms with E-state index in [9.17, 15) is 18.0 Å². The van der Waals surface area contributed by atoms with Crippen LogP contribution in [0.4, 0.5) is 5.69 Å². The molecule has 48 heavy (non-hydrogen) atoms. The van der Waals surface area contributed by atoms with Gasteiger partial charge in [0.15, 0.2) is 0 Å². The lowest BCUT2D eigenvalue weighted by Crippen LogP contribution is -2.54. The van der Waals surface area contributed by atoms with Crippen LogP contribution in [0.2, 0.25) is 10.0 Å². The summed E-state index contributed by atoms with van der Waals surface area (Å²) in [4.78, 5) is 30.3. The maximum absolute atomic E-state index is 14.7. The summed E-state index contributed by atoms with van der Waals surface area (Å²) in [6, 6.07) is 26.3. The van der Waals surface area contributed by atoms with Gasteiger partial charge in [0.2, 0.25) is 11.8 Å². The van der Waals surface area contributed by atoms with Crippen LogP contribution in [0.25, 0.3) is 0 Å². The second-order valence-corrected chi connectivity index (χ2v) is 14.6. The van der Waals surface area contributed by atoms with Crippen LogP contribution in [0.3, 0.4) is 0 Å². The molecule has 11 heteroatoms. The minimum absolute atomic E-state index is 0.00358. The number of carbonyl (C=O) groups is 2. The second-order valence-electron chi connectivity index (χ2n) is 11.9. The third-order valence-electron chi connectivity index (χ3n) is 8.61. The van der Waals surface area contributed by atoms with E-state index in [-0.39, 0.29) is 29.8 Å². The van der Waals surface area contributed by atoms with Crippen molar-refractivity contribution in [3.05, 3.63) is 124 Å². The molecule has 1 aliphatic rings. The molecule has 0 aliphatic heterocycles. The average molecular weight is 709 g/mol. The SMILES string of the molecule is COc1ccc(S(=O)(=O)N(CC(=O)N(Cc2c(Cl)cccc2Cl)[C@H](Cc2ccccc2)C(=O)NC2CCCC2)c2ccc(C)cc2)cc1. The molecule has 8 nitrogen and oxygen atoms in total. The third-order valence-corrected chi connectivity index (χ3v) is 11.1. The van der Waals surface area contributed by atoms with E-state index in [4.69, 9.17) is 27.9 Å². The van der Waals surface area contributed by atoms with Gasteiger partial charge < -0.3 is 15.0 Å². The van der Waals surface area contributed by atoms with Gasteiger partial charge in [0.1, 0.15) is 18.3 Å². The van der Waals surface area contributed by atoms with Gasteiger partial charge in [-0.25, -0.2) is 8.42 Å². The quantitative estimate of drug-likeness (QED) is 0.159. The molecule has 1 N–H and O–H groups in total. The molecule has 2 amide bonds. The normalized spacial score (nSPS) is 13.9. The number of aryl methyl sites for hydroxylation is 1. The Bertz CT molecular complexity index is 1790. The van der Waals surface area contributed by atoms with Gasteiger partial charge in [-0.2, -0.15) is 0 Å². The highest BCUT2D eigenvalue weighted by Gasteiger charge is 2.36. The van der Waals surface area contributed by atoms with Crippen molar-refractivity contribution in [2.75, 3.05) is 18.0 Å². The monoisotopic (exact) mass is 707 g/mol. The number of methoxy groups -OCH3 is 1. The summed E-state index contributed by atoms with van der Waals surface area (Å²) in [6.45, 7) is 1.20. The van der Waals surface area contributed by atoms with E-state index in [0.29, 0.717) is 27.0 Å². The fourth-order valence-corrected chi connectivity index (χ4v) is 7.82. The Morgan fingerprint density at radius 3 is 2.10 bits per heavy atom. The summed E-state index contributed by atoms with van der Waals surface area (Å²) in [7, 11) is -2.76. The molecule has 0 aromatic heterocycles. The minimum atomic E-state index is -4.26. The molecule has 0 spiro atoms. The van der Waals surface area contributed by atoms with Gasteiger partial charge in [-0.15, -0.1) is 0 Å². The predicted molar refractivity (Wildman–Crippen MR) is 190 cm³/mol. The largest absolute Gasteiger partial charge is 0.497 e. The zero-order valence-electron chi connectivity index (χ0n) is 26.9. The van der Waals surface area contributed by atoms with Crippen molar-refractivity contribution in [3.63, 3.8) is 0 Å². The van der Waals surface area contributed by atoms with Crippen molar-refractivity contribution < 1.29 is 22.7 Å². The number of hydrogen-bond donors (Lipinski definition) is 1. The first-order valence-corrected chi connectivity index (χ1v) is 18.1. The van der Waals surface area contributed by atoms with Crippen molar-refractivity contribution in [1.29, 1.82) is 0 Å². The number of anilines is 1. The fourth-order valence-electron chi connectivity index (χ4n) is 5.89. The van der Waals surface area contributed by atoms with E-state index >= 15 is 0 Å². The number of nitrogens with zero attached hydrogens (tertiary/aromatic N) is 2. The lowest BCUT2D eigenvalue weighted by molar-refractivity contribution is -0.140. The molecular formula is C37H39Cl2N3O5S. The summed E-state index contributed by atoms with van der Waals surface area (Å²) in [5.74, 6) is -0.417. The maximum Gasteiger partial charge on any atom is 0.264 e. The van der Waals surface area contributed by atoms with Crippen LogP contribution >= 0.6 is 23.2 Å². The predicted octanol–water partition coefficient (Wildman–Crippen LogP) is 7.20. The molecule has 252 valence electrons. The Balaban J connectivity index is 1.59. The van der Waals surface area contributed by atoms with Gasteiger partial charge in [0.05, 0.1) is 17.7 Å². The smallest absolute Gasteiger partial charge is 0.264 e. The van der Waals surface area contributed by atoms with Crippen LogP contribution in [0.15, 0.2) is 102 Å². The van der Waals surface area contributed by atoms with E-state index in [2.05, 4.69) is 5.32 Å². The molecule has 0 radical (unpaired) electrons. The van der Waals surface area contributed by atoms with Gasteiger partial charge in [-0.3, -0.25) is 13.9 Å². The topological polar surface area (TPSA) is 96.0 Å². The zero-order valence-corrected chi connectivity index (χ0v) is 29.3.